The molecule has 0 bridgehead atoms. The predicted molar refractivity (Wildman–Crippen MR) is 80.7 cm³/mol. The minimum absolute atomic E-state index is 0.512. The molecule has 0 radical (unpaired) electrons. The molecule has 0 aliphatic rings. The highest BCUT2D eigenvalue weighted by Crippen LogP contribution is 2.33. The molecule has 0 saturated carbocycles. The van der Waals surface area contributed by atoms with Crippen molar-refractivity contribution in [2.45, 2.75) is 6.42 Å². The first-order valence-corrected chi connectivity index (χ1v) is 6.84. The highest BCUT2D eigenvalue weighted by molar-refractivity contribution is 6.34. The zero-order valence-corrected chi connectivity index (χ0v) is 12.3. The number of benzene rings is 2. The van der Waals surface area contributed by atoms with Crippen LogP contribution in [-0.2, 0) is 6.42 Å². The average molecular weight is 317 g/mol. The maximum Gasteiger partial charge on any atom is 0.146 e. The molecule has 2 rings (SSSR count). The van der Waals surface area contributed by atoms with Crippen molar-refractivity contribution in [2.24, 2.45) is 5.73 Å². The van der Waals surface area contributed by atoms with Gasteiger partial charge in [0.1, 0.15) is 11.5 Å². The van der Waals surface area contributed by atoms with Crippen LogP contribution in [0.25, 0.3) is 0 Å². The van der Waals surface area contributed by atoms with E-state index < -0.39 is 0 Å². The van der Waals surface area contributed by atoms with Gasteiger partial charge in [0.15, 0.2) is 0 Å². The quantitative estimate of drug-likeness (QED) is 0.867. The van der Waals surface area contributed by atoms with E-state index in [4.69, 9.17) is 45.3 Å². The fourth-order valence-corrected chi connectivity index (χ4v) is 2.41. The summed E-state index contributed by atoms with van der Waals surface area (Å²) in [4.78, 5) is 0. The average Bonchev–Trinajstić information content (AvgIpc) is 2.32. The molecule has 0 atom stereocenters. The van der Waals surface area contributed by atoms with Crippen LogP contribution in [-0.4, -0.2) is 6.54 Å². The lowest BCUT2D eigenvalue weighted by Crippen LogP contribution is -2.02. The van der Waals surface area contributed by atoms with E-state index in [9.17, 15) is 0 Å². The molecule has 0 spiro atoms. The number of nitrogens with two attached hydrogens (primary N) is 1. The summed E-state index contributed by atoms with van der Waals surface area (Å²) < 4.78 is 5.67. The highest BCUT2D eigenvalue weighted by Gasteiger charge is 2.06. The Bertz CT molecular complexity index is 567. The summed E-state index contributed by atoms with van der Waals surface area (Å²) in [6.07, 6.45) is 0.781. The number of hydrogen-bond donors (Lipinski definition) is 1. The Morgan fingerprint density at radius 2 is 1.63 bits per heavy atom. The molecule has 2 nitrogen and oxygen atoms in total. The lowest BCUT2D eigenvalue weighted by Gasteiger charge is -2.09. The van der Waals surface area contributed by atoms with Crippen molar-refractivity contribution in [3.05, 3.63) is 57.0 Å². The van der Waals surface area contributed by atoms with E-state index >= 15 is 0 Å². The van der Waals surface area contributed by atoms with Crippen LogP contribution in [0.5, 0.6) is 11.5 Å². The van der Waals surface area contributed by atoms with Gasteiger partial charge in [-0.15, -0.1) is 0 Å². The van der Waals surface area contributed by atoms with E-state index in [1.54, 1.807) is 18.2 Å². The van der Waals surface area contributed by atoms with Crippen LogP contribution in [0.15, 0.2) is 36.4 Å². The molecule has 0 saturated heterocycles. The summed E-state index contributed by atoms with van der Waals surface area (Å²) in [6.45, 7) is 0.584. The molecule has 2 aromatic rings. The van der Waals surface area contributed by atoms with Crippen molar-refractivity contribution in [3.8, 4) is 11.5 Å². The molecule has 100 valence electrons. The van der Waals surface area contributed by atoms with Crippen LogP contribution < -0.4 is 10.5 Å². The maximum atomic E-state index is 6.16. The SMILES string of the molecule is NCCc1ccc(Oc2cc(Cl)cc(Cl)c2)c(Cl)c1. The van der Waals surface area contributed by atoms with Crippen LogP contribution in [0.2, 0.25) is 15.1 Å². The molecule has 0 aliphatic heterocycles. The predicted octanol–water partition coefficient (Wildman–Crippen LogP) is 4.94. The standard InChI is InChI=1S/C14H12Cl3NO/c15-10-6-11(16)8-12(7-10)19-14-2-1-9(3-4-18)5-13(14)17/h1-2,5-8H,3-4,18H2. The Kier molecular flexibility index (Phi) is 4.94. The van der Waals surface area contributed by atoms with Crippen molar-refractivity contribution in [1.82, 2.24) is 0 Å². The maximum absolute atomic E-state index is 6.16. The second-order valence-electron chi connectivity index (χ2n) is 4.01. The van der Waals surface area contributed by atoms with Crippen LogP contribution in [0, 0.1) is 0 Å². The first kappa shape index (κ1) is 14.5. The summed E-state index contributed by atoms with van der Waals surface area (Å²) in [6, 6.07) is 10.6. The van der Waals surface area contributed by atoms with Gasteiger partial charge in [-0.25, -0.2) is 0 Å². The number of halogens is 3. The summed E-state index contributed by atoms with van der Waals surface area (Å²) in [5.74, 6) is 1.10. The van der Waals surface area contributed by atoms with Gasteiger partial charge in [0.2, 0.25) is 0 Å². The van der Waals surface area contributed by atoms with Crippen LogP contribution in [0.1, 0.15) is 5.56 Å². The molecule has 0 unspecified atom stereocenters. The first-order chi connectivity index (χ1) is 9.08. The Balaban J connectivity index is 2.23. The number of hydrogen-bond acceptors (Lipinski definition) is 2. The van der Waals surface area contributed by atoms with Gasteiger partial charge in [0.25, 0.3) is 0 Å². The molecule has 2 aromatic carbocycles. The van der Waals surface area contributed by atoms with Crippen LogP contribution in [0.4, 0.5) is 0 Å². The molecular weight excluding hydrogens is 305 g/mol. The third-order valence-corrected chi connectivity index (χ3v) is 3.22. The number of ether oxygens (including phenoxy) is 1. The monoisotopic (exact) mass is 315 g/mol. The molecule has 19 heavy (non-hydrogen) atoms. The number of rotatable bonds is 4. The van der Waals surface area contributed by atoms with Crippen molar-refractivity contribution >= 4 is 34.8 Å². The zero-order chi connectivity index (χ0) is 13.8. The smallest absolute Gasteiger partial charge is 0.146 e. The largest absolute Gasteiger partial charge is 0.456 e. The summed E-state index contributed by atoms with van der Waals surface area (Å²) in [7, 11) is 0. The van der Waals surface area contributed by atoms with Gasteiger partial charge in [-0.2, -0.15) is 0 Å². The highest BCUT2D eigenvalue weighted by atomic mass is 35.5. The Morgan fingerprint density at radius 3 is 2.21 bits per heavy atom. The Hall–Kier alpha value is -0.930. The van der Waals surface area contributed by atoms with E-state index in [2.05, 4.69) is 0 Å². The Labute approximate surface area is 127 Å². The van der Waals surface area contributed by atoms with E-state index in [1.807, 2.05) is 18.2 Å². The van der Waals surface area contributed by atoms with Gasteiger partial charge in [-0.05, 0) is 48.9 Å². The fourth-order valence-electron chi connectivity index (χ4n) is 1.66. The van der Waals surface area contributed by atoms with Gasteiger partial charge in [0, 0.05) is 10.0 Å². The second-order valence-corrected chi connectivity index (χ2v) is 5.29. The summed E-state index contributed by atoms with van der Waals surface area (Å²) in [5.41, 5.74) is 6.57. The van der Waals surface area contributed by atoms with Gasteiger partial charge >= 0.3 is 0 Å². The van der Waals surface area contributed by atoms with Gasteiger partial charge in [-0.3, -0.25) is 0 Å². The summed E-state index contributed by atoms with van der Waals surface area (Å²) >= 11 is 18.0. The van der Waals surface area contributed by atoms with Gasteiger partial charge < -0.3 is 10.5 Å². The Morgan fingerprint density at radius 1 is 0.947 bits per heavy atom. The van der Waals surface area contributed by atoms with Gasteiger partial charge in [0.05, 0.1) is 5.02 Å². The first-order valence-electron chi connectivity index (χ1n) is 5.71. The minimum Gasteiger partial charge on any atom is -0.456 e. The molecule has 0 aliphatic carbocycles. The van der Waals surface area contributed by atoms with Gasteiger partial charge in [-0.1, -0.05) is 40.9 Å². The topological polar surface area (TPSA) is 35.2 Å². The molecule has 0 aromatic heterocycles. The van der Waals surface area contributed by atoms with E-state index in [-0.39, 0.29) is 0 Å². The molecule has 2 N–H and O–H groups in total. The molecular formula is C14H12Cl3NO. The fraction of sp³-hybridized carbons (Fsp3) is 0.143. The lowest BCUT2D eigenvalue weighted by molar-refractivity contribution is 0.483. The van der Waals surface area contributed by atoms with Crippen molar-refractivity contribution in [3.63, 3.8) is 0 Å². The van der Waals surface area contributed by atoms with Crippen molar-refractivity contribution < 1.29 is 4.74 Å². The van der Waals surface area contributed by atoms with E-state index in [0.29, 0.717) is 33.1 Å². The molecule has 0 fully saturated rings. The van der Waals surface area contributed by atoms with Crippen LogP contribution in [0.3, 0.4) is 0 Å². The van der Waals surface area contributed by atoms with Crippen molar-refractivity contribution in [1.29, 1.82) is 0 Å². The van der Waals surface area contributed by atoms with E-state index in [0.717, 1.165) is 12.0 Å². The zero-order valence-electron chi connectivity index (χ0n) is 10.00. The lowest BCUT2D eigenvalue weighted by atomic mass is 10.1. The molecule has 5 heteroatoms. The minimum atomic E-state index is 0.512. The van der Waals surface area contributed by atoms with Crippen molar-refractivity contribution in [2.75, 3.05) is 6.54 Å². The summed E-state index contributed by atoms with van der Waals surface area (Å²) in [5, 5.41) is 1.55. The second kappa shape index (κ2) is 6.49. The molecule has 0 heterocycles. The third-order valence-electron chi connectivity index (χ3n) is 2.49. The molecule has 0 amide bonds. The van der Waals surface area contributed by atoms with Crippen LogP contribution >= 0.6 is 34.8 Å². The normalized spacial score (nSPS) is 10.5. The van der Waals surface area contributed by atoms with E-state index in [1.165, 1.54) is 0 Å². The third kappa shape index (κ3) is 4.02.